The van der Waals surface area contributed by atoms with Crippen LogP contribution in [0.15, 0.2) is 36.4 Å². The molecule has 1 aliphatic heterocycles. The van der Waals surface area contributed by atoms with Crippen LogP contribution in [-0.2, 0) is 25.8 Å². The lowest BCUT2D eigenvalue weighted by atomic mass is 10.1. The molecule has 20 heavy (non-hydrogen) atoms. The molecule has 1 aliphatic carbocycles. The lowest BCUT2D eigenvalue weighted by Crippen LogP contribution is -2.20. The second-order valence-corrected chi connectivity index (χ2v) is 5.98. The summed E-state index contributed by atoms with van der Waals surface area (Å²) in [5.41, 5.74) is 14.3. The van der Waals surface area contributed by atoms with Crippen molar-refractivity contribution in [3.63, 3.8) is 0 Å². The van der Waals surface area contributed by atoms with E-state index in [-0.39, 0.29) is 0 Å². The largest absolute Gasteiger partial charge is 0.397 e. The van der Waals surface area contributed by atoms with E-state index in [0.717, 1.165) is 25.2 Å². The SMILES string of the molecule is Nc1cccc2c1N(Cc1ccc3c(c1)CCC3)CC2. The number of nitrogen functional groups attached to an aromatic ring is 1. The predicted octanol–water partition coefficient (Wildman–Crippen LogP) is 3.32. The van der Waals surface area contributed by atoms with Crippen LogP contribution >= 0.6 is 0 Å². The van der Waals surface area contributed by atoms with Gasteiger partial charge in [-0.25, -0.2) is 0 Å². The van der Waals surface area contributed by atoms with Gasteiger partial charge in [0.15, 0.2) is 0 Å². The molecular formula is C18H20N2. The van der Waals surface area contributed by atoms with Gasteiger partial charge in [0.1, 0.15) is 0 Å². The normalized spacial score (nSPS) is 16.3. The predicted molar refractivity (Wildman–Crippen MR) is 84.1 cm³/mol. The van der Waals surface area contributed by atoms with Crippen molar-refractivity contribution >= 4 is 11.4 Å². The Morgan fingerprint density at radius 3 is 2.80 bits per heavy atom. The number of fused-ring (bicyclic) bond motifs is 2. The number of hydrogen-bond acceptors (Lipinski definition) is 2. The summed E-state index contributed by atoms with van der Waals surface area (Å²) in [5, 5.41) is 0. The highest BCUT2D eigenvalue weighted by Crippen LogP contribution is 2.35. The molecule has 2 aromatic rings. The summed E-state index contributed by atoms with van der Waals surface area (Å²) in [7, 11) is 0. The van der Waals surface area contributed by atoms with E-state index >= 15 is 0 Å². The molecule has 0 aromatic heterocycles. The van der Waals surface area contributed by atoms with Crippen LogP contribution in [-0.4, -0.2) is 6.54 Å². The summed E-state index contributed by atoms with van der Waals surface area (Å²) in [6, 6.07) is 13.3. The number of nitrogens with two attached hydrogens (primary N) is 1. The molecule has 0 saturated heterocycles. The van der Waals surface area contributed by atoms with Gasteiger partial charge in [-0.15, -0.1) is 0 Å². The molecule has 4 rings (SSSR count). The van der Waals surface area contributed by atoms with Crippen molar-refractivity contribution in [2.24, 2.45) is 0 Å². The van der Waals surface area contributed by atoms with Gasteiger partial charge in [-0.3, -0.25) is 0 Å². The minimum absolute atomic E-state index is 0.918. The van der Waals surface area contributed by atoms with Gasteiger partial charge in [0, 0.05) is 13.1 Å². The summed E-state index contributed by atoms with van der Waals surface area (Å²) >= 11 is 0. The minimum atomic E-state index is 0.918. The molecule has 0 saturated carbocycles. The van der Waals surface area contributed by atoms with Crippen molar-refractivity contribution in [1.82, 2.24) is 0 Å². The molecule has 1 heterocycles. The maximum atomic E-state index is 6.16. The molecule has 2 heteroatoms. The van der Waals surface area contributed by atoms with Crippen molar-refractivity contribution in [1.29, 1.82) is 0 Å². The number of hydrogen-bond donors (Lipinski definition) is 1. The molecule has 0 spiro atoms. The Balaban J connectivity index is 1.62. The fourth-order valence-corrected chi connectivity index (χ4v) is 3.67. The number of para-hydroxylation sites is 1. The number of nitrogens with zero attached hydrogens (tertiary/aromatic N) is 1. The second-order valence-electron chi connectivity index (χ2n) is 5.98. The highest BCUT2D eigenvalue weighted by atomic mass is 15.2. The monoisotopic (exact) mass is 264 g/mol. The van der Waals surface area contributed by atoms with E-state index in [1.165, 1.54) is 36.1 Å². The fourth-order valence-electron chi connectivity index (χ4n) is 3.67. The number of anilines is 2. The van der Waals surface area contributed by atoms with Crippen LogP contribution in [0.3, 0.4) is 0 Å². The summed E-state index contributed by atoms with van der Waals surface area (Å²) in [5.74, 6) is 0. The Hall–Kier alpha value is -1.96. The lowest BCUT2D eigenvalue weighted by molar-refractivity contribution is 0.835. The quantitative estimate of drug-likeness (QED) is 0.843. The Bertz CT molecular complexity index is 660. The first-order valence-electron chi connectivity index (χ1n) is 7.54. The van der Waals surface area contributed by atoms with Gasteiger partial charge >= 0.3 is 0 Å². The van der Waals surface area contributed by atoms with Crippen LogP contribution in [0, 0.1) is 0 Å². The van der Waals surface area contributed by atoms with Gasteiger partial charge in [0.2, 0.25) is 0 Å². The van der Waals surface area contributed by atoms with E-state index in [4.69, 9.17) is 5.73 Å². The zero-order valence-electron chi connectivity index (χ0n) is 11.7. The van der Waals surface area contributed by atoms with Gasteiger partial charge in [-0.1, -0.05) is 30.3 Å². The van der Waals surface area contributed by atoms with Gasteiger partial charge < -0.3 is 10.6 Å². The van der Waals surface area contributed by atoms with E-state index in [1.54, 1.807) is 11.1 Å². The molecule has 2 N–H and O–H groups in total. The molecule has 0 bridgehead atoms. The zero-order chi connectivity index (χ0) is 13.5. The average Bonchev–Trinajstić information content (AvgIpc) is 3.06. The molecule has 2 aliphatic rings. The van der Waals surface area contributed by atoms with Crippen molar-refractivity contribution in [3.05, 3.63) is 58.7 Å². The molecule has 0 unspecified atom stereocenters. The zero-order valence-corrected chi connectivity index (χ0v) is 11.7. The minimum Gasteiger partial charge on any atom is -0.397 e. The topological polar surface area (TPSA) is 29.3 Å². The van der Waals surface area contributed by atoms with Crippen LogP contribution in [0.4, 0.5) is 11.4 Å². The lowest BCUT2D eigenvalue weighted by Gasteiger charge is -2.21. The van der Waals surface area contributed by atoms with Crippen LogP contribution in [0.1, 0.15) is 28.7 Å². The number of aryl methyl sites for hydroxylation is 2. The molecule has 0 amide bonds. The van der Waals surface area contributed by atoms with Crippen LogP contribution in [0.2, 0.25) is 0 Å². The molecule has 0 fully saturated rings. The molecule has 2 aromatic carbocycles. The Labute approximate surface area is 120 Å². The van der Waals surface area contributed by atoms with Crippen molar-refractivity contribution < 1.29 is 0 Å². The summed E-state index contributed by atoms with van der Waals surface area (Å²) in [6.45, 7) is 2.06. The average molecular weight is 264 g/mol. The number of benzene rings is 2. The van der Waals surface area contributed by atoms with Crippen molar-refractivity contribution in [3.8, 4) is 0 Å². The first-order chi connectivity index (χ1) is 9.81. The van der Waals surface area contributed by atoms with E-state index in [9.17, 15) is 0 Å². The van der Waals surface area contributed by atoms with Crippen molar-refractivity contribution in [2.75, 3.05) is 17.2 Å². The fraction of sp³-hybridized carbons (Fsp3) is 0.333. The molecule has 102 valence electrons. The molecule has 0 radical (unpaired) electrons. The van der Waals surface area contributed by atoms with Gasteiger partial charge in [0.25, 0.3) is 0 Å². The summed E-state index contributed by atoms with van der Waals surface area (Å²) in [4.78, 5) is 2.43. The molecular weight excluding hydrogens is 244 g/mol. The molecule has 0 atom stereocenters. The Morgan fingerprint density at radius 1 is 0.950 bits per heavy atom. The third-order valence-electron chi connectivity index (χ3n) is 4.65. The summed E-state index contributed by atoms with van der Waals surface area (Å²) in [6.07, 6.45) is 4.95. The first-order valence-corrected chi connectivity index (χ1v) is 7.54. The van der Waals surface area contributed by atoms with Crippen LogP contribution in [0.25, 0.3) is 0 Å². The van der Waals surface area contributed by atoms with Gasteiger partial charge in [-0.2, -0.15) is 0 Å². The van der Waals surface area contributed by atoms with Crippen LogP contribution in [0.5, 0.6) is 0 Å². The van der Waals surface area contributed by atoms with Gasteiger partial charge in [0.05, 0.1) is 11.4 Å². The smallest absolute Gasteiger partial charge is 0.0636 e. The summed E-state index contributed by atoms with van der Waals surface area (Å²) < 4.78 is 0. The van der Waals surface area contributed by atoms with Gasteiger partial charge in [-0.05, 0) is 54.0 Å². The van der Waals surface area contributed by atoms with Crippen LogP contribution < -0.4 is 10.6 Å². The Kier molecular flexibility index (Phi) is 2.69. The van der Waals surface area contributed by atoms with E-state index in [0.29, 0.717) is 0 Å². The Morgan fingerprint density at radius 2 is 1.85 bits per heavy atom. The highest BCUT2D eigenvalue weighted by molar-refractivity contribution is 5.74. The molecule has 2 nitrogen and oxygen atoms in total. The van der Waals surface area contributed by atoms with E-state index in [2.05, 4.69) is 35.2 Å². The van der Waals surface area contributed by atoms with E-state index < -0.39 is 0 Å². The third kappa shape index (κ3) is 1.87. The maximum Gasteiger partial charge on any atom is 0.0636 e. The second kappa shape index (κ2) is 4.55. The maximum absolute atomic E-state index is 6.16. The first kappa shape index (κ1) is 11.8. The third-order valence-corrected chi connectivity index (χ3v) is 4.65. The van der Waals surface area contributed by atoms with Crippen molar-refractivity contribution in [2.45, 2.75) is 32.2 Å². The standard InChI is InChI=1S/C18H20N2/c19-17-6-2-4-15-9-10-20(18(15)17)12-13-7-8-14-3-1-5-16(14)11-13/h2,4,6-8,11H,1,3,5,9-10,12,19H2. The number of rotatable bonds is 2. The van der Waals surface area contributed by atoms with E-state index in [1.807, 2.05) is 6.07 Å². The highest BCUT2D eigenvalue weighted by Gasteiger charge is 2.21.